The number of hydrogen-bond donors (Lipinski definition) is 2. The Labute approximate surface area is 148 Å². The summed E-state index contributed by atoms with van der Waals surface area (Å²) in [6, 6.07) is 8.28. The molecule has 0 radical (unpaired) electrons. The van der Waals surface area contributed by atoms with Crippen LogP contribution in [0.3, 0.4) is 0 Å². The molecule has 1 aromatic rings. The highest BCUT2D eigenvalue weighted by Gasteiger charge is 2.43. The SMILES string of the molecule is COc1ccccc1CN=C(N)NC1CC2OCCCC12.I. The maximum absolute atomic E-state index is 6.00. The largest absolute Gasteiger partial charge is 0.496 e. The molecule has 122 valence electrons. The Kier molecular flexibility index (Phi) is 6.31. The van der Waals surface area contributed by atoms with E-state index in [0.717, 1.165) is 30.8 Å². The van der Waals surface area contributed by atoms with E-state index in [1.54, 1.807) is 7.11 Å². The van der Waals surface area contributed by atoms with Crippen molar-refractivity contribution in [2.24, 2.45) is 16.6 Å². The Morgan fingerprint density at radius 2 is 2.27 bits per heavy atom. The predicted molar refractivity (Wildman–Crippen MR) is 97.7 cm³/mol. The lowest BCUT2D eigenvalue weighted by molar-refractivity contribution is -0.0989. The van der Waals surface area contributed by atoms with Crippen LogP contribution in [0.5, 0.6) is 5.75 Å². The topological polar surface area (TPSA) is 68.9 Å². The number of halogens is 1. The zero-order valence-corrected chi connectivity index (χ0v) is 15.2. The normalized spacial score (nSPS) is 27.1. The van der Waals surface area contributed by atoms with Crippen LogP contribution in [0.25, 0.3) is 0 Å². The summed E-state index contributed by atoms with van der Waals surface area (Å²) in [4.78, 5) is 4.42. The number of benzene rings is 1. The highest BCUT2D eigenvalue weighted by molar-refractivity contribution is 14.0. The van der Waals surface area contributed by atoms with E-state index in [0.29, 0.717) is 30.6 Å². The number of nitrogens with two attached hydrogens (primary N) is 1. The van der Waals surface area contributed by atoms with Gasteiger partial charge in [-0.3, -0.25) is 0 Å². The molecule has 1 aliphatic heterocycles. The van der Waals surface area contributed by atoms with E-state index in [4.69, 9.17) is 15.2 Å². The first kappa shape index (κ1) is 17.3. The summed E-state index contributed by atoms with van der Waals surface area (Å²) in [6.45, 7) is 1.44. The summed E-state index contributed by atoms with van der Waals surface area (Å²) in [5.41, 5.74) is 7.04. The number of rotatable bonds is 4. The van der Waals surface area contributed by atoms with Gasteiger partial charge in [-0.15, -0.1) is 24.0 Å². The van der Waals surface area contributed by atoms with E-state index in [9.17, 15) is 0 Å². The van der Waals surface area contributed by atoms with Gasteiger partial charge in [0.25, 0.3) is 0 Å². The van der Waals surface area contributed by atoms with Crippen molar-refractivity contribution in [3.8, 4) is 5.75 Å². The second-order valence-electron chi connectivity index (χ2n) is 5.72. The Balaban J connectivity index is 0.00000176. The van der Waals surface area contributed by atoms with Gasteiger partial charge in [-0.25, -0.2) is 4.99 Å². The second kappa shape index (κ2) is 8.01. The summed E-state index contributed by atoms with van der Waals surface area (Å²) in [5, 5.41) is 3.33. The lowest BCUT2D eigenvalue weighted by Crippen LogP contribution is -2.59. The zero-order valence-electron chi connectivity index (χ0n) is 12.8. The van der Waals surface area contributed by atoms with E-state index in [1.165, 1.54) is 6.42 Å². The van der Waals surface area contributed by atoms with Crippen LogP contribution in [0.4, 0.5) is 0 Å². The van der Waals surface area contributed by atoms with Crippen LogP contribution in [0, 0.1) is 5.92 Å². The molecule has 1 aliphatic carbocycles. The Bertz CT molecular complexity index is 524. The quantitative estimate of drug-likeness (QED) is 0.448. The van der Waals surface area contributed by atoms with Crippen molar-refractivity contribution in [3.05, 3.63) is 29.8 Å². The van der Waals surface area contributed by atoms with Crippen molar-refractivity contribution in [2.75, 3.05) is 13.7 Å². The van der Waals surface area contributed by atoms with Crippen LogP contribution in [-0.4, -0.2) is 31.8 Å². The fourth-order valence-electron chi connectivity index (χ4n) is 3.20. The van der Waals surface area contributed by atoms with E-state index < -0.39 is 0 Å². The summed E-state index contributed by atoms with van der Waals surface area (Å²) >= 11 is 0. The Morgan fingerprint density at radius 3 is 3.05 bits per heavy atom. The standard InChI is InChI=1S/C16H23N3O2.HI/c1-20-14-7-3-2-5-11(14)10-18-16(17)19-13-9-15-12(13)6-4-8-21-15;/h2-3,5,7,12-13,15H,4,6,8-10H2,1H3,(H3,17,18,19);1H. The molecule has 0 bridgehead atoms. The van der Waals surface area contributed by atoms with Gasteiger partial charge in [0.1, 0.15) is 5.75 Å². The molecule has 3 N–H and O–H groups in total. The fraction of sp³-hybridized carbons (Fsp3) is 0.562. The first-order chi connectivity index (χ1) is 10.3. The van der Waals surface area contributed by atoms with E-state index in [-0.39, 0.29) is 24.0 Å². The van der Waals surface area contributed by atoms with Crippen molar-refractivity contribution in [1.29, 1.82) is 0 Å². The molecule has 1 saturated heterocycles. The van der Waals surface area contributed by atoms with Crippen molar-refractivity contribution >= 4 is 29.9 Å². The van der Waals surface area contributed by atoms with Crippen molar-refractivity contribution in [3.63, 3.8) is 0 Å². The Hall–Kier alpha value is -1.02. The summed E-state index contributed by atoms with van der Waals surface area (Å²) in [5.74, 6) is 1.95. The molecule has 5 nitrogen and oxygen atoms in total. The highest BCUT2D eigenvalue weighted by atomic mass is 127. The van der Waals surface area contributed by atoms with Gasteiger partial charge < -0.3 is 20.5 Å². The number of aliphatic imine (C=N–C) groups is 1. The minimum Gasteiger partial charge on any atom is -0.496 e. The van der Waals surface area contributed by atoms with Gasteiger partial charge >= 0.3 is 0 Å². The monoisotopic (exact) mass is 417 g/mol. The second-order valence-corrected chi connectivity index (χ2v) is 5.72. The van der Waals surface area contributed by atoms with Crippen molar-refractivity contribution in [1.82, 2.24) is 5.32 Å². The van der Waals surface area contributed by atoms with Crippen LogP contribution in [0.1, 0.15) is 24.8 Å². The van der Waals surface area contributed by atoms with Crippen LogP contribution in [0.2, 0.25) is 0 Å². The molecule has 3 unspecified atom stereocenters. The highest BCUT2D eigenvalue weighted by Crippen LogP contribution is 2.37. The van der Waals surface area contributed by atoms with Gasteiger partial charge in [-0.2, -0.15) is 0 Å². The molecule has 1 aromatic carbocycles. The number of methoxy groups -OCH3 is 1. The average molecular weight is 417 g/mol. The van der Waals surface area contributed by atoms with E-state index in [1.807, 2.05) is 24.3 Å². The molecule has 6 heteroatoms. The predicted octanol–water partition coefficient (Wildman–Crippen LogP) is 2.29. The first-order valence-electron chi connectivity index (χ1n) is 7.58. The molecule has 2 fully saturated rings. The third-order valence-corrected chi connectivity index (χ3v) is 4.44. The number of para-hydroxylation sites is 1. The number of fused-ring (bicyclic) bond motifs is 1. The molecular formula is C16H24IN3O2. The molecule has 1 heterocycles. The summed E-state index contributed by atoms with van der Waals surface area (Å²) in [6.07, 6.45) is 3.84. The molecule has 2 aliphatic rings. The van der Waals surface area contributed by atoms with Crippen LogP contribution in [0.15, 0.2) is 29.3 Å². The smallest absolute Gasteiger partial charge is 0.189 e. The molecule has 0 amide bonds. The van der Waals surface area contributed by atoms with Crippen molar-refractivity contribution < 1.29 is 9.47 Å². The van der Waals surface area contributed by atoms with Crippen molar-refractivity contribution in [2.45, 2.75) is 38.0 Å². The van der Waals surface area contributed by atoms with Gasteiger partial charge in [0.15, 0.2) is 5.96 Å². The van der Waals surface area contributed by atoms with Gasteiger partial charge in [-0.1, -0.05) is 18.2 Å². The molecule has 0 aromatic heterocycles. The first-order valence-corrected chi connectivity index (χ1v) is 7.58. The van der Waals surface area contributed by atoms with Gasteiger partial charge in [0.05, 0.1) is 19.8 Å². The van der Waals surface area contributed by atoms with Gasteiger partial charge in [0.2, 0.25) is 0 Å². The maximum atomic E-state index is 6.00. The third-order valence-electron chi connectivity index (χ3n) is 4.44. The zero-order chi connectivity index (χ0) is 14.7. The average Bonchev–Trinajstić information content (AvgIpc) is 2.51. The number of guanidine groups is 1. The van der Waals surface area contributed by atoms with E-state index >= 15 is 0 Å². The minimum atomic E-state index is 0. The van der Waals surface area contributed by atoms with Gasteiger partial charge in [0, 0.05) is 24.1 Å². The molecule has 3 atom stereocenters. The summed E-state index contributed by atoms with van der Waals surface area (Å²) in [7, 11) is 1.67. The number of hydrogen-bond acceptors (Lipinski definition) is 3. The molecule has 0 spiro atoms. The van der Waals surface area contributed by atoms with Crippen LogP contribution in [-0.2, 0) is 11.3 Å². The number of ether oxygens (including phenoxy) is 2. The Morgan fingerprint density at radius 1 is 1.45 bits per heavy atom. The fourth-order valence-corrected chi connectivity index (χ4v) is 3.20. The van der Waals surface area contributed by atoms with Gasteiger partial charge in [-0.05, 0) is 25.3 Å². The number of nitrogens with one attached hydrogen (secondary N) is 1. The molecule has 3 rings (SSSR count). The molecular weight excluding hydrogens is 393 g/mol. The van der Waals surface area contributed by atoms with E-state index in [2.05, 4.69) is 10.3 Å². The minimum absolute atomic E-state index is 0. The third kappa shape index (κ3) is 3.84. The van der Waals surface area contributed by atoms with Crippen LogP contribution < -0.4 is 15.8 Å². The van der Waals surface area contributed by atoms with Crippen LogP contribution >= 0.6 is 24.0 Å². The maximum Gasteiger partial charge on any atom is 0.189 e. The summed E-state index contributed by atoms with van der Waals surface area (Å²) < 4.78 is 11.0. The molecule has 1 saturated carbocycles. The lowest BCUT2D eigenvalue weighted by Gasteiger charge is -2.47. The molecule has 22 heavy (non-hydrogen) atoms. The number of nitrogens with zero attached hydrogens (tertiary/aromatic N) is 1. The lowest BCUT2D eigenvalue weighted by atomic mass is 9.72.